The first kappa shape index (κ1) is 21.9. The standard InChI is InChI=1S/C21H25N3O5S/c1-15-13-16(2)20(24(26)27)14-19(15)22-21(25)17-7-9-18(10-8-17)30(28,29)23-11-5-3-4-6-12-23/h7-10,13-14H,3-6,11-12H2,1-2H3,(H,22,25). The van der Waals surface area contributed by atoms with Crippen molar-refractivity contribution < 1.29 is 18.1 Å². The molecule has 160 valence electrons. The Balaban J connectivity index is 1.79. The highest BCUT2D eigenvalue weighted by Gasteiger charge is 2.25. The van der Waals surface area contributed by atoms with E-state index in [1.54, 1.807) is 19.9 Å². The molecule has 0 unspecified atom stereocenters. The molecule has 0 aliphatic carbocycles. The van der Waals surface area contributed by atoms with Crippen molar-refractivity contribution in [2.75, 3.05) is 18.4 Å². The van der Waals surface area contributed by atoms with Gasteiger partial charge in [0.1, 0.15) is 0 Å². The zero-order chi connectivity index (χ0) is 21.9. The van der Waals surface area contributed by atoms with E-state index in [0.29, 0.717) is 29.9 Å². The molecule has 1 amide bonds. The fraction of sp³-hybridized carbons (Fsp3) is 0.381. The van der Waals surface area contributed by atoms with Crippen LogP contribution in [0.1, 0.15) is 47.2 Å². The topological polar surface area (TPSA) is 110 Å². The van der Waals surface area contributed by atoms with Gasteiger partial charge in [-0.3, -0.25) is 14.9 Å². The van der Waals surface area contributed by atoms with Crippen molar-refractivity contribution in [3.8, 4) is 0 Å². The van der Waals surface area contributed by atoms with Crippen molar-refractivity contribution in [1.29, 1.82) is 0 Å². The molecule has 1 saturated heterocycles. The van der Waals surface area contributed by atoms with E-state index in [1.807, 2.05) is 0 Å². The lowest BCUT2D eigenvalue weighted by molar-refractivity contribution is -0.385. The fourth-order valence-corrected chi connectivity index (χ4v) is 5.09. The number of sulfonamides is 1. The van der Waals surface area contributed by atoms with Gasteiger partial charge in [-0.15, -0.1) is 0 Å². The SMILES string of the molecule is Cc1cc(C)c([N+](=O)[O-])cc1NC(=O)c1ccc(S(=O)(=O)N2CCCCCC2)cc1. The molecule has 0 saturated carbocycles. The summed E-state index contributed by atoms with van der Waals surface area (Å²) in [7, 11) is -3.59. The number of carbonyl (C=O) groups excluding carboxylic acids is 1. The maximum Gasteiger partial charge on any atom is 0.274 e. The molecule has 0 atom stereocenters. The molecule has 2 aromatic rings. The van der Waals surface area contributed by atoms with Crippen LogP contribution in [-0.4, -0.2) is 36.6 Å². The molecule has 2 aromatic carbocycles. The number of nitrogens with zero attached hydrogens (tertiary/aromatic N) is 2. The van der Waals surface area contributed by atoms with E-state index in [-0.39, 0.29) is 16.1 Å². The van der Waals surface area contributed by atoms with Crippen molar-refractivity contribution in [3.63, 3.8) is 0 Å². The van der Waals surface area contributed by atoms with E-state index in [0.717, 1.165) is 25.7 Å². The van der Waals surface area contributed by atoms with Gasteiger partial charge in [-0.05, 0) is 62.6 Å². The highest BCUT2D eigenvalue weighted by atomic mass is 32.2. The number of aryl methyl sites for hydroxylation is 2. The lowest BCUT2D eigenvalue weighted by Gasteiger charge is -2.20. The van der Waals surface area contributed by atoms with Crippen molar-refractivity contribution in [2.24, 2.45) is 0 Å². The summed E-state index contributed by atoms with van der Waals surface area (Å²) in [6.45, 7) is 4.41. The van der Waals surface area contributed by atoms with E-state index in [2.05, 4.69) is 5.32 Å². The molecule has 1 heterocycles. The normalized spacial score (nSPS) is 15.4. The summed E-state index contributed by atoms with van der Waals surface area (Å²) in [5.74, 6) is -0.463. The number of hydrogen-bond acceptors (Lipinski definition) is 5. The van der Waals surface area contributed by atoms with Crippen LogP contribution < -0.4 is 5.32 Å². The van der Waals surface area contributed by atoms with E-state index in [9.17, 15) is 23.3 Å². The van der Waals surface area contributed by atoms with E-state index in [4.69, 9.17) is 0 Å². The number of carbonyl (C=O) groups is 1. The van der Waals surface area contributed by atoms with Gasteiger partial charge in [0.2, 0.25) is 10.0 Å². The van der Waals surface area contributed by atoms with Gasteiger partial charge in [-0.2, -0.15) is 4.31 Å². The maximum atomic E-state index is 12.9. The number of nitro benzene ring substituents is 1. The number of benzene rings is 2. The maximum absolute atomic E-state index is 12.9. The summed E-state index contributed by atoms with van der Waals surface area (Å²) < 4.78 is 27.2. The third-order valence-electron chi connectivity index (χ3n) is 5.31. The van der Waals surface area contributed by atoms with Gasteiger partial charge in [0.15, 0.2) is 0 Å². The van der Waals surface area contributed by atoms with E-state index in [1.165, 1.54) is 34.6 Å². The molecule has 3 rings (SSSR count). The van der Waals surface area contributed by atoms with Gasteiger partial charge < -0.3 is 5.32 Å². The lowest BCUT2D eigenvalue weighted by atomic mass is 10.1. The molecule has 0 radical (unpaired) electrons. The van der Waals surface area contributed by atoms with Crippen LogP contribution in [0.3, 0.4) is 0 Å². The highest BCUT2D eigenvalue weighted by Crippen LogP contribution is 2.27. The van der Waals surface area contributed by atoms with Crippen LogP contribution in [0.2, 0.25) is 0 Å². The molecule has 30 heavy (non-hydrogen) atoms. The summed E-state index contributed by atoms with van der Waals surface area (Å²) in [6, 6.07) is 8.75. The summed E-state index contributed by atoms with van der Waals surface area (Å²) in [5, 5.41) is 13.8. The molecule has 1 fully saturated rings. The largest absolute Gasteiger partial charge is 0.321 e. The average molecular weight is 432 g/mol. The van der Waals surface area contributed by atoms with Crippen LogP contribution in [0.4, 0.5) is 11.4 Å². The Bertz CT molecular complexity index is 1060. The number of rotatable bonds is 5. The van der Waals surface area contributed by atoms with Gasteiger partial charge in [0.25, 0.3) is 11.6 Å². The number of nitrogens with one attached hydrogen (secondary N) is 1. The first-order valence-electron chi connectivity index (χ1n) is 9.87. The van der Waals surface area contributed by atoms with Gasteiger partial charge in [0.05, 0.1) is 15.5 Å². The smallest absolute Gasteiger partial charge is 0.274 e. The summed E-state index contributed by atoms with van der Waals surface area (Å²) >= 11 is 0. The minimum Gasteiger partial charge on any atom is -0.321 e. The number of hydrogen-bond donors (Lipinski definition) is 1. The molecule has 1 N–H and O–H groups in total. The second-order valence-corrected chi connectivity index (χ2v) is 9.45. The molecule has 1 aliphatic rings. The second kappa shape index (κ2) is 8.93. The Hall–Kier alpha value is -2.78. The number of nitro groups is 1. The Morgan fingerprint density at radius 1 is 1.00 bits per heavy atom. The third-order valence-corrected chi connectivity index (χ3v) is 7.22. The number of amides is 1. The molecular weight excluding hydrogens is 406 g/mol. The summed E-state index contributed by atoms with van der Waals surface area (Å²) in [4.78, 5) is 23.4. The highest BCUT2D eigenvalue weighted by molar-refractivity contribution is 7.89. The second-order valence-electron chi connectivity index (χ2n) is 7.51. The predicted molar refractivity (Wildman–Crippen MR) is 114 cm³/mol. The van der Waals surface area contributed by atoms with Crippen LogP contribution >= 0.6 is 0 Å². The van der Waals surface area contributed by atoms with Crippen molar-refractivity contribution in [2.45, 2.75) is 44.4 Å². The third kappa shape index (κ3) is 4.68. The Kier molecular flexibility index (Phi) is 6.52. The van der Waals surface area contributed by atoms with Gasteiger partial charge >= 0.3 is 0 Å². The van der Waals surface area contributed by atoms with Crippen molar-refractivity contribution in [3.05, 3.63) is 63.2 Å². The summed E-state index contributed by atoms with van der Waals surface area (Å²) in [5.41, 5.74) is 1.76. The molecule has 0 spiro atoms. The lowest BCUT2D eigenvalue weighted by Crippen LogP contribution is -2.31. The molecule has 0 bridgehead atoms. The van der Waals surface area contributed by atoms with E-state index >= 15 is 0 Å². The molecule has 0 aromatic heterocycles. The zero-order valence-electron chi connectivity index (χ0n) is 17.1. The minimum absolute atomic E-state index is 0.0743. The van der Waals surface area contributed by atoms with E-state index < -0.39 is 20.9 Å². The Morgan fingerprint density at radius 2 is 1.60 bits per heavy atom. The Morgan fingerprint density at radius 3 is 2.17 bits per heavy atom. The molecule has 9 heteroatoms. The predicted octanol–water partition coefficient (Wildman–Crippen LogP) is 4.03. The van der Waals surface area contributed by atoms with Crippen LogP contribution in [0.25, 0.3) is 0 Å². The first-order valence-corrected chi connectivity index (χ1v) is 11.3. The number of anilines is 1. The average Bonchev–Trinajstić information content (AvgIpc) is 3.00. The first-order chi connectivity index (χ1) is 14.2. The molecule has 1 aliphatic heterocycles. The summed E-state index contributed by atoms with van der Waals surface area (Å²) in [6.07, 6.45) is 3.76. The van der Waals surface area contributed by atoms with Crippen LogP contribution in [0, 0.1) is 24.0 Å². The molecule has 8 nitrogen and oxygen atoms in total. The molecular formula is C21H25N3O5S. The van der Waals surface area contributed by atoms with Crippen molar-refractivity contribution >= 4 is 27.3 Å². The van der Waals surface area contributed by atoms with Crippen LogP contribution in [0.15, 0.2) is 41.3 Å². The fourth-order valence-electron chi connectivity index (χ4n) is 3.58. The zero-order valence-corrected chi connectivity index (χ0v) is 17.9. The van der Waals surface area contributed by atoms with Gasteiger partial charge in [-0.1, -0.05) is 12.8 Å². The van der Waals surface area contributed by atoms with Gasteiger partial charge in [-0.25, -0.2) is 8.42 Å². The Labute approximate surface area is 176 Å². The minimum atomic E-state index is -3.59. The van der Waals surface area contributed by atoms with Crippen molar-refractivity contribution in [1.82, 2.24) is 4.31 Å². The monoisotopic (exact) mass is 431 g/mol. The quantitative estimate of drug-likeness (QED) is 0.568. The van der Waals surface area contributed by atoms with Crippen LogP contribution in [0.5, 0.6) is 0 Å². The van der Waals surface area contributed by atoms with Gasteiger partial charge in [0, 0.05) is 30.3 Å². The van der Waals surface area contributed by atoms with Crippen LogP contribution in [-0.2, 0) is 10.0 Å².